The van der Waals surface area contributed by atoms with Gasteiger partial charge in [0, 0.05) is 29.8 Å². The number of halogens is 1. The Hall–Kier alpha value is -1.21. The van der Waals surface area contributed by atoms with E-state index in [4.69, 9.17) is 16.3 Å². The van der Waals surface area contributed by atoms with Gasteiger partial charge in [-0.25, -0.2) is 12.7 Å². The number of sulfonamides is 1. The summed E-state index contributed by atoms with van der Waals surface area (Å²) >= 11 is 7.58. The van der Waals surface area contributed by atoms with Crippen LogP contribution in [0.4, 0.5) is 0 Å². The van der Waals surface area contributed by atoms with Crippen LogP contribution in [0.2, 0.25) is 5.02 Å². The van der Waals surface area contributed by atoms with Crippen molar-refractivity contribution < 1.29 is 13.2 Å². The molecule has 2 aromatic carbocycles. The van der Waals surface area contributed by atoms with Crippen molar-refractivity contribution in [2.75, 3.05) is 26.5 Å². The second kappa shape index (κ2) is 8.06. The average Bonchev–Trinajstić information content (AvgIpc) is 2.52. The third-order valence-electron chi connectivity index (χ3n) is 3.02. The van der Waals surface area contributed by atoms with Crippen LogP contribution >= 0.6 is 23.4 Å². The summed E-state index contributed by atoms with van der Waals surface area (Å²) in [4.78, 5) is 1.34. The smallest absolute Gasteiger partial charge is 0.242 e. The lowest BCUT2D eigenvalue weighted by Gasteiger charge is -2.12. The van der Waals surface area contributed by atoms with Crippen LogP contribution in [-0.2, 0) is 10.0 Å². The van der Waals surface area contributed by atoms with Gasteiger partial charge >= 0.3 is 0 Å². The van der Waals surface area contributed by atoms with Crippen molar-refractivity contribution in [2.24, 2.45) is 0 Å². The van der Waals surface area contributed by atoms with Gasteiger partial charge in [0.1, 0.15) is 5.75 Å². The first-order valence-electron chi connectivity index (χ1n) is 6.93. The van der Waals surface area contributed by atoms with Crippen molar-refractivity contribution in [3.05, 3.63) is 53.6 Å². The minimum atomic E-state index is -3.40. The fourth-order valence-electron chi connectivity index (χ4n) is 1.79. The van der Waals surface area contributed by atoms with Gasteiger partial charge in [0.15, 0.2) is 0 Å². The number of nitrogens with zero attached hydrogens (tertiary/aromatic N) is 1. The molecule has 7 heteroatoms. The van der Waals surface area contributed by atoms with E-state index in [-0.39, 0.29) is 4.90 Å². The van der Waals surface area contributed by atoms with Gasteiger partial charge < -0.3 is 4.74 Å². The molecule has 0 radical (unpaired) electrons. The summed E-state index contributed by atoms with van der Waals surface area (Å²) in [6, 6.07) is 14.1. The monoisotopic (exact) mass is 371 g/mol. The predicted molar refractivity (Wildman–Crippen MR) is 95.0 cm³/mol. The second-order valence-corrected chi connectivity index (χ2v) is 8.67. The zero-order valence-electron chi connectivity index (χ0n) is 12.9. The summed E-state index contributed by atoms with van der Waals surface area (Å²) in [5, 5.41) is 0.716. The second-order valence-electron chi connectivity index (χ2n) is 4.91. The lowest BCUT2D eigenvalue weighted by atomic mass is 10.3. The Morgan fingerprint density at radius 1 is 1.13 bits per heavy atom. The zero-order valence-corrected chi connectivity index (χ0v) is 15.3. The van der Waals surface area contributed by atoms with Gasteiger partial charge in [0.05, 0.1) is 11.5 Å². The van der Waals surface area contributed by atoms with Crippen molar-refractivity contribution >= 4 is 33.4 Å². The van der Waals surface area contributed by atoms with E-state index in [1.165, 1.54) is 18.4 Å². The lowest BCUT2D eigenvalue weighted by Crippen LogP contribution is -2.22. The van der Waals surface area contributed by atoms with E-state index in [0.717, 1.165) is 10.6 Å². The van der Waals surface area contributed by atoms with Crippen molar-refractivity contribution in [3.63, 3.8) is 0 Å². The Morgan fingerprint density at radius 3 is 2.43 bits per heavy atom. The first-order valence-corrected chi connectivity index (χ1v) is 9.74. The fourth-order valence-corrected chi connectivity index (χ4v) is 3.74. The van der Waals surface area contributed by atoms with Crippen LogP contribution in [-0.4, -0.2) is 39.2 Å². The highest BCUT2D eigenvalue weighted by atomic mass is 35.5. The van der Waals surface area contributed by atoms with Gasteiger partial charge in [-0.1, -0.05) is 17.7 Å². The first kappa shape index (κ1) is 18.1. The molecule has 2 rings (SSSR count). The molecule has 124 valence electrons. The minimum absolute atomic E-state index is 0.253. The predicted octanol–water partition coefficient (Wildman–Crippen LogP) is 3.76. The molecule has 0 aliphatic rings. The van der Waals surface area contributed by atoms with Crippen LogP contribution in [0.5, 0.6) is 5.75 Å². The van der Waals surface area contributed by atoms with Gasteiger partial charge in [-0.05, 0) is 42.5 Å². The van der Waals surface area contributed by atoms with Gasteiger partial charge in [0.25, 0.3) is 0 Å². The maximum atomic E-state index is 12.0. The SMILES string of the molecule is CN(C)S(=O)(=O)c1ccc(OCCSc2cccc(Cl)c2)cc1. The zero-order chi connectivity index (χ0) is 16.9. The van der Waals surface area contributed by atoms with E-state index in [9.17, 15) is 8.42 Å². The van der Waals surface area contributed by atoms with Crippen molar-refractivity contribution in [3.8, 4) is 5.75 Å². The summed E-state index contributed by atoms with van der Waals surface area (Å²) in [7, 11) is -0.384. The molecule has 0 heterocycles. The minimum Gasteiger partial charge on any atom is -0.493 e. The van der Waals surface area contributed by atoms with Gasteiger partial charge in [-0.15, -0.1) is 11.8 Å². The molecule has 0 aliphatic heterocycles. The Morgan fingerprint density at radius 2 is 1.83 bits per heavy atom. The Balaban J connectivity index is 1.85. The molecule has 0 atom stereocenters. The van der Waals surface area contributed by atoms with E-state index in [2.05, 4.69) is 0 Å². The van der Waals surface area contributed by atoms with E-state index in [1.807, 2.05) is 24.3 Å². The Bertz CT molecular complexity index is 746. The highest BCUT2D eigenvalue weighted by molar-refractivity contribution is 7.99. The average molecular weight is 372 g/mol. The molecule has 0 saturated heterocycles. The molecular weight excluding hydrogens is 354 g/mol. The maximum Gasteiger partial charge on any atom is 0.242 e. The van der Waals surface area contributed by atoms with Crippen LogP contribution < -0.4 is 4.74 Å². The molecule has 0 saturated carbocycles. The summed E-state index contributed by atoms with van der Waals surface area (Å²) in [5.74, 6) is 1.42. The van der Waals surface area contributed by atoms with E-state index < -0.39 is 10.0 Å². The van der Waals surface area contributed by atoms with E-state index in [0.29, 0.717) is 17.4 Å². The summed E-state index contributed by atoms with van der Waals surface area (Å²) < 4.78 is 30.7. The topological polar surface area (TPSA) is 46.6 Å². The molecule has 0 spiro atoms. The maximum absolute atomic E-state index is 12.0. The number of hydrogen-bond acceptors (Lipinski definition) is 4. The number of thioether (sulfide) groups is 1. The van der Waals surface area contributed by atoms with Crippen LogP contribution in [0, 0.1) is 0 Å². The lowest BCUT2D eigenvalue weighted by molar-refractivity contribution is 0.343. The summed E-state index contributed by atoms with van der Waals surface area (Å²) in [5.41, 5.74) is 0. The molecule has 23 heavy (non-hydrogen) atoms. The molecule has 0 amide bonds. The van der Waals surface area contributed by atoms with Gasteiger partial charge in [-0.2, -0.15) is 0 Å². The number of benzene rings is 2. The number of hydrogen-bond donors (Lipinski definition) is 0. The van der Waals surface area contributed by atoms with Crippen LogP contribution in [0.15, 0.2) is 58.3 Å². The standard InChI is InChI=1S/C16H18ClNO3S2/c1-18(2)23(19,20)16-8-6-14(7-9-16)21-10-11-22-15-5-3-4-13(17)12-15/h3-9,12H,10-11H2,1-2H3. The van der Waals surface area contributed by atoms with Crippen LogP contribution in [0.3, 0.4) is 0 Å². The molecule has 2 aromatic rings. The molecule has 0 unspecified atom stereocenters. The molecule has 0 fully saturated rings. The normalized spacial score (nSPS) is 11.7. The van der Waals surface area contributed by atoms with E-state index >= 15 is 0 Å². The number of ether oxygens (including phenoxy) is 1. The van der Waals surface area contributed by atoms with Crippen molar-refractivity contribution in [2.45, 2.75) is 9.79 Å². The highest BCUT2D eigenvalue weighted by Gasteiger charge is 2.16. The Labute approximate surface area is 146 Å². The molecule has 0 N–H and O–H groups in total. The third kappa shape index (κ3) is 5.14. The molecule has 0 aliphatic carbocycles. The quantitative estimate of drug-likeness (QED) is 0.549. The number of rotatable bonds is 7. The van der Waals surface area contributed by atoms with Crippen molar-refractivity contribution in [1.82, 2.24) is 4.31 Å². The third-order valence-corrected chi connectivity index (χ3v) is 6.04. The first-order chi connectivity index (χ1) is 10.9. The van der Waals surface area contributed by atoms with Crippen molar-refractivity contribution in [1.29, 1.82) is 0 Å². The molecule has 0 aromatic heterocycles. The van der Waals surface area contributed by atoms with Gasteiger partial charge in [0.2, 0.25) is 10.0 Å². The fraction of sp³-hybridized carbons (Fsp3) is 0.250. The largest absolute Gasteiger partial charge is 0.493 e. The van der Waals surface area contributed by atoms with Crippen LogP contribution in [0.25, 0.3) is 0 Å². The van der Waals surface area contributed by atoms with Gasteiger partial charge in [-0.3, -0.25) is 0 Å². The highest BCUT2D eigenvalue weighted by Crippen LogP contribution is 2.22. The van der Waals surface area contributed by atoms with Crippen LogP contribution in [0.1, 0.15) is 0 Å². The summed E-state index contributed by atoms with van der Waals surface area (Å²) in [6.45, 7) is 0.525. The molecule has 4 nitrogen and oxygen atoms in total. The Kier molecular flexibility index (Phi) is 6.35. The van der Waals surface area contributed by atoms with E-state index in [1.54, 1.807) is 36.0 Å². The summed E-state index contributed by atoms with van der Waals surface area (Å²) in [6.07, 6.45) is 0. The molecule has 0 bridgehead atoms. The molecular formula is C16H18ClNO3S2.